The highest BCUT2D eigenvalue weighted by molar-refractivity contribution is 7.46. The van der Waals surface area contributed by atoms with Gasteiger partial charge in [0.15, 0.2) is 6.79 Å². The third-order valence-electron chi connectivity index (χ3n) is 6.98. The lowest BCUT2D eigenvalue weighted by Crippen LogP contribution is -2.41. The number of benzene rings is 2. The normalized spacial score (nSPS) is 13.4. The Morgan fingerprint density at radius 3 is 2.42 bits per heavy atom. The van der Waals surface area contributed by atoms with Gasteiger partial charge in [-0.1, -0.05) is 31.5 Å². The van der Waals surface area contributed by atoms with Crippen LogP contribution in [0.25, 0.3) is 11.3 Å². The number of aliphatic carboxylic acids is 1. The van der Waals surface area contributed by atoms with Crippen molar-refractivity contribution in [1.29, 1.82) is 5.26 Å². The van der Waals surface area contributed by atoms with Crippen molar-refractivity contribution in [2.24, 2.45) is 11.5 Å². The first-order valence-electron chi connectivity index (χ1n) is 15.1. The van der Waals surface area contributed by atoms with Crippen LogP contribution in [-0.2, 0) is 30.8 Å². The van der Waals surface area contributed by atoms with Gasteiger partial charge in [0, 0.05) is 35.1 Å². The summed E-state index contributed by atoms with van der Waals surface area (Å²) in [6.07, 6.45) is 4.78. The van der Waals surface area contributed by atoms with E-state index in [1.807, 2.05) is 0 Å². The average molecular weight is 740 g/mol. The molecule has 8 N–H and O–H groups in total. The van der Waals surface area contributed by atoms with Crippen molar-refractivity contribution in [2.45, 2.75) is 57.2 Å². The molecule has 0 fully saturated rings. The van der Waals surface area contributed by atoms with Gasteiger partial charge in [0.05, 0.1) is 28.9 Å². The van der Waals surface area contributed by atoms with Gasteiger partial charge in [-0.15, -0.1) is 11.3 Å². The summed E-state index contributed by atoms with van der Waals surface area (Å²) >= 11 is 1.25. The number of thiazole rings is 1. The Hall–Kier alpha value is -4.02. The molecule has 4 rings (SSSR count). The molecule has 3 atom stereocenters. The maximum absolute atomic E-state index is 15.2. The summed E-state index contributed by atoms with van der Waals surface area (Å²) in [5.41, 5.74) is 10.4. The molecule has 2 heterocycles. The van der Waals surface area contributed by atoms with E-state index in [0.717, 1.165) is 24.5 Å². The third-order valence-corrected chi connectivity index (χ3v) is 8.45. The number of hydrogen-bond donors (Lipinski definition) is 6. The first kappa shape index (κ1) is 42.1. The zero-order valence-corrected chi connectivity index (χ0v) is 29.0. The number of aromatic nitrogens is 4. The van der Waals surface area contributed by atoms with Crippen LogP contribution in [-0.4, -0.2) is 71.7 Å². The number of rotatable bonds is 15. The molecule has 0 bridgehead atoms. The van der Waals surface area contributed by atoms with Crippen molar-refractivity contribution in [1.82, 2.24) is 19.7 Å². The molecule has 4 aromatic rings. The number of phosphoric ester groups is 1. The van der Waals surface area contributed by atoms with Crippen LogP contribution >= 0.6 is 19.2 Å². The van der Waals surface area contributed by atoms with Crippen LogP contribution in [0.2, 0.25) is 0 Å². The van der Waals surface area contributed by atoms with Gasteiger partial charge in [0.1, 0.15) is 35.9 Å². The molecule has 0 aliphatic carbocycles. The van der Waals surface area contributed by atoms with Crippen molar-refractivity contribution >= 4 is 25.1 Å². The van der Waals surface area contributed by atoms with Crippen LogP contribution in [0.15, 0.2) is 60.5 Å². The van der Waals surface area contributed by atoms with Crippen LogP contribution in [0.4, 0.5) is 8.78 Å². The number of hydrogen-bond acceptors (Lipinski definition) is 12. The lowest BCUT2D eigenvalue weighted by molar-refractivity contribution is -0.140. The van der Waals surface area contributed by atoms with Crippen molar-refractivity contribution in [3.63, 3.8) is 0 Å². The fourth-order valence-electron chi connectivity index (χ4n) is 4.46. The molecule has 0 aliphatic rings. The quantitative estimate of drug-likeness (QED) is 0.0575. The molecular formula is C31H40F2N7O8PS. The van der Waals surface area contributed by atoms with Gasteiger partial charge in [-0.3, -0.25) is 9.32 Å². The molecule has 3 unspecified atom stereocenters. The molecule has 0 spiro atoms. The molecule has 15 nitrogen and oxygen atoms in total. The van der Waals surface area contributed by atoms with E-state index in [-0.39, 0.29) is 18.7 Å². The van der Waals surface area contributed by atoms with Gasteiger partial charge in [-0.25, -0.2) is 28.0 Å². The Labute approximate surface area is 291 Å². The Morgan fingerprint density at radius 1 is 1.20 bits per heavy atom. The second-order valence-electron chi connectivity index (χ2n) is 10.5. The van der Waals surface area contributed by atoms with Crippen LogP contribution in [0, 0.1) is 23.0 Å². The monoisotopic (exact) mass is 739 g/mol. The minimum atomic E-state index is -4.93. The largest absolute Gasteiger partial charge is 0.480 e. The van der Waals surface area contributed by atoms with Crippen molar-refractivity contribution in [3.05, 3.63) is 88.3 Å². The van der Waals surface area contributed by atoms with E-state index >= 15 is 4.39 Å². The number of halogens is 2. The van der Waals surface area contributed by atoms with E-state index in [0.29, 0.717) is 35.3 Å². The molecule has 50 heavy (non-hydrogen) atoms. The van der Waals surface area contributed by atoms with Gasteiger partial charge in [-0.05, 0) is 44.5 Å². The number of nitrogens with two attached hydrogens (primary N) is 2. The van der Waals surface area contributed by atoms with E-state index in [1.54, 1.807) is 43.5 Å². The number of carboxylic acid groups (broad SMARTS) is 1. The number of carbonyl (C=O) groups is 1. The van der Waals surface area contributed by atoms with Crippen LogP contribution in [0.5, 0.6) is 0 Å². The van der Waals surface area contributed by atoms with Gasteiger partial charge in [0.2, 0.25) is 0 Å². The Morgan fingerprint density at radius 2 is 1.88 bits per heavy atom. The molecule has 2 aromatic carbocycles. The number of nitrogens with zero attached hydrogens (tertiary/aromatic N) is 5. The number of carboxylic acids is 1. The topological polar surface area (TPSA) is 253 Å². The van der Waals surface area contributed by atoms with Crippen molar-refractivity contribution in [2.75, 3.05) is 19.9 Å². The summed E-state index contributed by atoms with van der Waals surface area (Å²) in [6.45, 7) is 3.14. The van der Waals surface area contributed by atoms with E-state index in [4.69, 9.17) is 31.7 Å². The zero-order valence-electron chi connectivity index (χ0n) is 27.3. The maximum atomic E-state index is 15.2. The summed E-state index contributed by atoms with van der Waals surface area (Å²) in [5.74, 6) is -3.44. The lowest BCUT2D eigenvalue weighted by Gasteiger charge is -2.38. The fraction of sp³-hybridized carbons (Fsp3) is 0.387. The maximum Gasteiger partial charge on any atom is 0.471 e. The molecule has 19 heteroatoms. The fourth-order valence-corrected chi connectivity index (χ4v) is 5.61. The predicted molar refractivity (Wildman–Crippen MR) is 179 cm³/mol. The van der Waals surface area contributed by atoms with E-state index in [9.17, 15) is 23.5 Å². The highest BCUT2D eigenvalue weighted by atomic mass is 32.1. The number of ether oxygens (including phenoxy) is 1. The summed E-state index contributed by atoms with van der Waals surface area (Å²) in [4.78, 5) is 37.1. The first-order valence-corrected chi connectivity index (χ1v) is 17.5. The molecular weight excluding hydrogens is 699 g/mol. The molecule has 0 saturated heterocycles. The Bertz CT molecular complexity index is 1700. The number of aliphatic hydroxyl groups is 1. The Balaban J connectivity index is 0.000000569. The lowest BCUT2D eigenvalue weighted by atomic mass is 9.81. The number of unbranched alkanes of at least 4 members (excludes halogenated alkanes) is 1. The molecule has 0 saturated carbocycles. The molecule has 0 aliphatic heterocycles. The van der Waals surface area contributed by atoms with E-state index in [1.165, 1.54) is 34.7 Å². The van der Waals surface area contributed by atoms with Gasteiger partial charge < -0.3 is 36.2 Å². The zero-order chi connectivity index (χ0) is 37.3. The van der Waals surface area contributed by atoms with Crippen LogP contribution in [0.1, 0.15) is 55.2 Å². The number of nitriles is 1. The Kier molecular flexibility index (Phi) is 17.4. The highest BCUT2D eigenvalue weighted by Gasteiger charge is 2.45. The van der Waals surface area contributed by atoms with Crippen molar-refractivity contribution < 1.29 is 47.4 Å². The minimum absolute atomic E-state index is 0.0960. The third kappa shape index (κ3) is 13.0. The van der Waals surface area contributed by atoms with E-state index < -0.39 is 49.8 Å². The summed E-state index contributed by atoms with van der Waals surface area (Å²) in [7, 11) is -4.93. The summed E-state index contributed by atoms with van der Waals surface area (Å²) in [6, 6.07) is 11.1. The first-order chi connectivity index (χ1) is 23.7. The van der Waals surface area contributed by atoms with Crippen LogP contribution < -0.4 is 11.5 Å². The van der Waals surface area contributed by atoms with Crippen molar-refractivity contribution in [3.8, 4) is 17.3 Å². The SMILES string of the molecule is CC(c1nc(-c2ccc(C#N)cc2)cs1)C(Cn1cncn1)(OCOP(=O)(O)O)c1ccc(F)cc1F.CCO.NCCCCC(N)C(=O)O. The molecule has 2 aromatic heterocycles. The average Bonchev–Trinajstić information content (AvgIpc) is 3.77. The van der Waals surface area contributed by atoms with E-state index in [2.05, 4.69) is 25.7 Å². The van der Waals surface area contributed by atoms with Crippen LogP contribution in [0.3, 0.4) is 0 Å². The second-order valence-corrected chi connectivity index (χ2v) is 12.6. The second kappa shape index (κ2) is 20.6. The smallest absolute Gasteiger partial charge is 0.471 e. The summed E-state index contributed by atoms with van der Waals surface area (Å²) < 4.78 is 52.2. The molecule has 0 radical (unpaired) electrons. The predicted octanol–water partition coefficient (Wildman–Crippen LogP) is 3.86. The molecule has 0 amide bonds. The van der Waals surface area contributed by atoms with Gasteiger partial charge >= 0.3 is 13.8 Å². The summed E-state index contributed by atoms with van der Waals surface area (Å²) in [5, 5.41) is 31.3. The minimum Gasteiger partial charge on any atom is -0.480 e. The standard InChI is InChI=1S/C23H20F2N5O5PS.C6H14N2O2.C2H6O/c1-15(22-29-21(10-37-22)17-4-2-16(9-26)3-5-17)23(11-30-13-27-12-28-30,34-14-35-36(31,32)33)19-7-6-18(24)8-20(19)25;7-4-2-1-3-5(8)6(9)10;1-2-3/h2-8,10,12-13,15H,11,14H2,1H3,(H2,31,32,33);5H,1-4,7-8H2,(H,9,10);3H,2H2,1H3. The molecule has 272 valence electrons. The highest BCUT2D eigenvalue weighted by Crippen LogP contribution is 2.46. The van der Waals surface area contributed by atoms with Gasteiger partial charge in [-0.2, -0.15) is 10.4 Å². The number of aliphatic hydroxyl groups excluding tert-OH is 1. The number of phosphoric acid groups is 1. The van der Waals surface area contributed by atoms with Gasteiger partial charge in [0.25, 0.3) is 0 Å².